The van der Waals surface area contributed by atoms with Crippen molar-refractivity contribution >= 4 is 5.97 Å². The first-order chi connectivity index (χ1) is 8.10. The Hall–Kier alpha value is -1.35. The lowest BCUT2D eigenvalue weighted by molar-refractivity contribution is -0.138. The van der Waals surface area contributed by atoms with Gasteiger partial charge in [0.25, 0.3) is 0 Å². The molecule has 1 aromatic carbocycles. The molecule has 1 rings (SSSR count). The third-order valence-corrected chi connectivity index (χ3v) is 2.94. The van der Waals surface area contributed by atoms with E-state index in [1.54, 1.807) is 13.8 Å². The zero-order valence-electron chi connectivity index (χ0n) is 11.5. The summed E-state index contributed by atoms with van der Waals surface area (Å²) in [4.78, 5) is 10.9. The first-order valence-corrected chi connectivity index (χ1v) is 6.14. The standard InChI is InChI=1S/C15H22O3/c1-14(2,10-13(16)17)12-7-5-6-11(8-12)9-15(3,4)18/h5-8,18H,9-10H2,1-4H3,(H,16,17). The van der Waals surface area contributed by atoms with E-state index in [0.717, 1.165) is 11.1 Å². The highest BCUT2D eigenvalue weighted by molar-refractivity contribution is 5.68. The second kappa shape index (κ2) is 5.11. The fourth-order valence-electron chi connectivity index (χ4n) is 2.08. The minimum Gasteiger partial charge on any atom is -0.481 e. The van der Waals surface area contributed by atoms with Gasteiger partial charge in [-0.1, -0.05) is 38.1 Å². The van der Waals surface area contributed by atoms with Gasteiger partial charge in [0.1, 0.15) is 0 Å². The average Bonchev–Trinajstić information content (AvgIpc) is 2.13. The van der Waals surface area contributed by atoms with E-state index >= 15 is 0 Å². The van der Waals surface area contributed by atoms with Crippen molar-refractivity contribution in [2.45, 2.75) is 51.6 Å². The zero-order valence-corrected chi connectivity index (χ0v) is 11.5. The quantitative estimate of drug-likeness (QED) is 0.844. The van der Waals surface area contributed by atoms with Crippen molar-refractivity contribution in [3.05, 3.63) is 35.4 Å². The molecule has 2 N–H and O–H groups in total. The Morgan fingerprint density at radius 2 is 1.83 bits per heavy atom. The Kier molecular flexibility index (Phi) is 4.17. The number of carboxylic acid groups (broad SMARTS) is 1. The second-order valence-electron chi connectivity index (χ2n) is 6.14. The van der Waals surface area contributed by atoms with Gasteiger partial charge in [0.2, 0.25) is 0 Å². The van der Waals surface area contributed by atoms with Crippen LogP contribution in [-0.4, -0.2) is 21.8 Å². The molecule has 0 aliphatic rings. The number of benzene rings is 1. The smallest absolute Gasteiger partial charge is 0.304 e. The van der Waals surface area contributed by atoms with Gasteiger partial charge in [0.05, 0.1) is 12.0 Å². The fraction of sp³-hybridized carbons (Fsp3) is 0.533. The van der Waals surface area contributed by atoms with Crippen LogP contribution in [0.5, 0.6) is 0 Å². The maximum atomic E-state index is 10.9. The molecule has 0 saturated carbocycles. The molecule has 100 valence electrons. The van der Waals surface area contributed by atoms with E-state index in [4.69, 9.17) is 5.11 Å². The molecular weight excluding hydrogens is 228 g/mol. The van der Waals surface area contributed by atoms with Crippen molar-refractivity contribution in [1.29, 1.82) is 0 Å². The topological polar surface area (TPSA) is 57.5 Å². The molecule has 0 aliphatic carbocycles. The van der Waals surface area contributed by atoms with Crippen LogP contribution in [0.15, 0.2) is 24.3 Å². The van der Waals surface area contributed by atoms with Gasteiger partial charge in [-0.3, -0.25) is 4.79 Å². The molecule has 0 heterocycles. The molecule has 0 fully saturated rings. The van der Waals surface area contributed by atoms with Crippen molar-refractivity contribution in [2.24, 2.45) is 0 Å². The van der Waals surface area contributed by atoms with Crippen molar-refractivity contribution in [3.63, 3.8) is 0 Å². The number of aliphatic hydroxyl groups is 1. The van der Waals surface area contributed by atoms with E-state index in [0.29, 0.717) is 6.42 Å². The number of hydrogen-bond donors (Lipinski definition) is 2. The van der Waals surface area contributed by atoms with Gasteiger partial charge in [-0.25, -0.2) is 0 Å². The Morgan fingerprint density at radius 3 is 2.33 bits per heavy atom. The van der Waals surface area contributed by atoms with Crippen LogP contribution in [0.25, 0.3) is 0 Å². The number of carbonyl (C=O) groups is 1. The van der Waals surface area contributed by atoms with E-state index in [1.807, 2.05) is 38.1 Å². The van der Waals surface area contributed by atoms with E-state index in [1.165, 1.54) is 0 Å². The summed E-state index contributed by atoms with van der Waals surface area (Å²) in [6, 6.07) is 7.80. The lowest BCUT2D eigenvalue weighted by Crippen LogP contribution is -2.24. The fourth-order valence-corrected chi connectivity index (χ4v) is 2.08. The van der Waals surface area contributed by atoms with Crippen molar-refractivity contribution < 1.29 is 15.0 Å². The Balaban J connectivity index is 2.97. The summed E-state index contributed by atoms with van der Waals surface area (Å²) in [6.45, 7) is 7.37. The summed E-state index contributed by atoms with van der Waals surface area (Å²) in [5, 5.41) is 18.7. The summed E-state index contributed by atoms with van der Waals surface area (Å²) in [7, 11) is 0. The molecule has 0 atom stereocenters. The van der Waals surface area contributed by atoms with Crippen molar-refractivity contribution in [3.8, 4) is 0 Å². The van der Waals surface area contributed by atoms with E-state index in [-0.39, 0.29) is 6.42 Å². The monoisotopic (exact) mass is 250 g/mol. The summed E-state index contributed by atoms with van der Waals surface area (Å²) >= 11 is 0. The summed E-state index contributed by atoms with van der Waals surface area (Å²) in [5.41, 5.74) is 0.863. The summed E-state index contributed by atoms with van der Waals surface area (Å²) < 4.78 is 0. The summed E-state index contributed by atoms with van der Waals surface area (Å²) in [5.74, 6) is -0.798. The van der Waals surface area contributed by atoms with Gasteiger partial charge in [0, 0.05) is 11.8 Å². The molecular formula is C15H22O3. The van der Waals surface area contributed by atoms with Crippen LogP contribution >= 0.6 is 0 Å². The SMILES string of the molecule is CC(C)(O)Cc1cccc(C(C)(C)CC(=O)O)c1. The minimum atomic E-state index is -0.798. The maximum absolute atomic E-state index is 10.9. The lowest BCUT2D eigenvalue weighted by atomic mass is 9.80. The molecule has 0 radical (unpaired) electrons. The highest BCUT2D eigenvalue weighted by Gasteiger charge is 2.24. The minimum absolute atomic E-state index is 0.0962. The summed E-state index contributed by atoms with van der Waals surface area (Å²) in [6.07, 6.45) is 0.656. The largest absolute Gasteiger partial charge is 0.481 e. The Labute approximate surface area is 108 Å². The third kappa shape index (κ3) is 4.49. The normalized spacial score (nSPS) is 12.5. The second-order valence-corrected chi connectivity index (χ2v) is 6.14. The highest BCUT2D eigenvalue weighted by atomic mass is 16.4. The molecule has 0 unspecified atom stereocenters. The first kappa shape index (κ1) is 14.7. The maximum Gasteiger partial charge on any atom is 0.304 e. The van der Waals surface area contributed by atoms with Crippen LogP contribution < -0.4 is 0 Å². The molecule has 3 heteroatoms. The van der Waals surface area contributed by atoms with Crippen LogP contribution in [0.4, 0.5) is 0 Å². The number of aliphatic carboxylic acids is 1. The molecule has 0 aromatic heterocycles. The molecule has 0 saturated heterocycles. The Bertz CT molecular complexity index is 428. The molecule has 18 heavy (non-hydrogen) atoms. The first-order valence-electron chi connectivity index (χ1n) is 6.14. The molecule has 3 nitrogen and oxygen atoms in total. The molecule has 0 bridgehead atoms. The van der Waals surface area contributed by atoms with Crippen LogP contribution in [-0.2, 0) is 16.6 Å². The van der Waals surface area contributed by atoms with Gasteiger partial charge in [-0.2, -0.15) is 0 Å². The van der Waals surface area contributed by atoms with Crippen molar-refractivity contribution in [2.75, 3.05) is 0 Å². The van der Waals surface area contributed by atoms with Crippen LogP contribution in [0, 0.1) is 0 Å². The molecule has 0 aliphatic heterocycles. The van der Waals surface area contributed by atoms with Crippen LogP contribution in [0.2, 0.25) is 0 Å². The van der Waals surface area contributed by atoms with Gasteiger partial charge < -0.3 is 10.2 Å². The van der Waals surface area contributed by atoms with Gasteiger partial charge in [-0.05, 0) is 25.0 Å². The number of carboxylic acids is 1. The van der Waals surface area contributed by atoms with Crippen LogP contribution in [0.1, 0.15) is 45.2 Å². The zero-order chi connectivity index (χ0) is 14.0. The molecule has 0 amide bonds. The van der Waals surface area contributed by atoms with E-state index in [9.17, 15) is 9.90 Å². The van der Waals surface area contributed by atoms with E-state index < -0.39 is 17.0 Å². The van der Waals surface area contributed by atoms with Gasteiger partial charge in [0.15, 0.2) is 0 Å². The highest BCUT2D eigenvalue weighted by Crippen LogP contribution is 2.28. The number of rotatable bonds is 5. The average molecular weight is 250 g/mol. The van der Waals surface area contributed by atoms with Crippen molar-refractivity contribution in [1.82, 2.24) is 0 Å². The van der Waals surface area contributed by atoms with Gasteiger partial charge >= 0.3 is 5.97 Å². The molecule has 0 spiro atoms. The predicted molar refractivity (Wildman–Crippen MR) is 71.7 cm³/mol. The lowest BCUT2D eigenvalue weighted by Gasteiger charge is -2.25. The molecule has 1 aromatic rings. The van der Waals surface area contributed by atoms with Crippen LogP contribution in [0.3, 0.4) is 0 Å². The van der Waals surface area contributed by atoms with E-state index in [2.05, 4.69) is 0 Å². The predicted octanol–water partition coefficient (Wildman–Crippen LogP) is 2.75. The van der Waals surface area contributed by atoms with Gasteiger partial charge in [-0.15, -0.1) is 0 Å². The number of hydrogen-bond acceptors (Lipinski definition) is 2. The third-order valence-electron chi connectivity index (χ3n) is 2.94. The Morgan fingerprint density at radius 1 is 1.22 bits per heavy atom.